The van der Waals surface area contributed by atoms with Gasteiger partial charge in [0.25, 0.3) is 5.91 Å². The Morgan fingerprint density at radius 1 is 1.15 bits per heavy atom. The maximum Gasteiger partial charge on any atom is 0.416 e. The van der Waals surface area contributed by atoms with Crippen molar-refractivity contribution in [2.75, 3.05) is 12.3 Å². The third-order valence-electron chi connectivity index (χ3n) is 4.70. The minimum absolute atomic E-state index is 0.153. The minimum Gasteiger partial charge on any atom is -0.322 e. The van der Waals surface area contributed by atoms with E-state index in [9.17, 15) is 18.0 Å². The summed E-state index contributed by atoms with van der Waals surface area (Å²) in [4.78, 5) is 14.5. The monoisotopic (exact) mass is 393 g/mol. The van der Waals surface area contributed by atoms with Crippen LogP contribution in [0.3, 0.4) is 0 Å². The fourth-order valence-electron chi connectivity index (χ4n) is 3.27. The molecule has 27 heavy (non-hydrogen) atoms. The van der Waals surface area contributed by atoms with Gasteiger partial charge in [0.15, 0.2) is 0 Å². The van der Waals surface area contributed by atoms with E-state index in [1.807, 2.05) is 12.1 Å². The van der Waals surface area contributed by atoms with Gasteiger partial charge in [-0.15, -0.1) is 11.8 Å². The normalized spacial score (nSPS) is 17.3. The molecule has 0 unspecified atom stereocenters. The van der Waals surface area contributed by atoms with Crippen molar-refractivity contribution in [2.24, 2.45) is 0 Å². The van der Waals surface area contributed by atoms with Gasteiger partial charge in [-0.1, -0.05) is 43.7 Å². The van der Waals surface area contributed by atoms with Crippen molar-refractivity contribution in [2.45, 2.75) is 37.7 Å². The SMILES string of the molecule is CCCCc1ccc(C(=O)N2CCS[C@H]2c2ccccc2C(F)(F)F)cc1. The molecule has 1 fully saturated rings. The predicted molar refractivity (Wildman–Crippen MR) is 103 cm³/mol. The molecule has 1 aliphatic heterocycles. The van der Waals surface area contributed by atoms with Crippen molar-refractivity contribution in [3.8, 4) is 0 Å². The van der Waals surface area contributed by atoms with Gasteiger partial charge in [-0.2, -0.15) is 13.2 Å². The summed E-state index contributed by atoms with van der Waals surface area (Å²) in [5.41, 5.74) is 1.17. The first-order valence-electron chi connectivity index (χ1n) is 9.09. The topological polar surface area (TPSA) is 20.3 Å². The lowest BCUT2D eigenvalue weighted by Gasteiger charge is -2.26. The fraction of sp³-hybridized carbons (Fsp3) is 0.381. The van der Waals surface area contributed by atoms with Crippen LogP contribution in [0, 0.1) is 0 Å². The number of halogens is 3. The molecular weight excluding hydrogens is 371 g/mol. The fourth-order valence-corrected chi connectivity index (χ4v) is 4.56. The Balaban J connectivity index is 1.84. The maximum atomic E-state index is 13.4. The van der Waals surface area contributed by atoms with E-state index in [0.717, 1.165) is 25.3 Å². The first-order valence-corrected chi connectivity index (χ1v) is 10.1. The zero-order valence-corrected chi connectivity index (χ0v) is 15.9. The summed E-state index contributed by atoms with van der Waals surface area (Å²) in [6.45, 7) is 2.57. The molecule has 1 heterocycles. The molecule has 0 spiro atoms. The highest BCUT2D eigenvalue weighted by molar-refractivity contribution is 7.99. The highest BCUT2D eigenvalue weighted by Crippen LogP contribution is 2.44. The Morgan fingerprint density at radius 2 is 1.85 bits per heavy atom. The van der Waals surface area contributed by atoms with E-state index in [1.54, 1.807) is 23.1 Å². The number of aryl methyl sites for hydroxylation is 1. The zero-order valence-electron chi connectivity index (χ0n) is 15.1. The molecule has 1 saturated heterocycles. The average Bonchev–Trinajstić information content (AvgIpc) is 3.15. The van der Waals surface area contributed by atoms with Crippen LogP contribution in [0.25, 0.3) is 0 Å². The number of benzene rings is 2. The number of carbonyl (C=O) groups is 1. The molecule has 0 aromatic heterocycles. The summed E-state index contributed by atoms with van der Waals surface area (Å²) in [7, 11) is 0. The van der Waals surface area contributed by atoms with Crippen molar-refractivity contribution in [1.82, 2.24) is 4.90 Å². The van der Waals surface area contributed by atoms with Crippen LogP contribution in [0.4, 0.5) is 13.2 Å². The van der Waals surface area contributed by atoms with E-state index >= 15 is 0 Å². The maximum absolute atomic E-state index is 13.4. The Labute approximate surface area is 161 Å². The Hall–Kier alpha value is -1.95. The first kappa shape index (κ1) is 19.8. The summed E-state index contributed by atoms with van der Waals surface area (Å²) < 4.78 is 40.2. The van der Waals surface area contributed by atoms with E-state index in [-0.39, 0.29) is 11.5 Å². The van der Waals surface area contributed by atoms with Gasteiger partial charge in [-0.3, -0.25) is 4.79 Å². The molecule has 2 aromatic carbocycles. The number of thioether (sulfide) groups is 1. The molecule has 2 nitrogen and oxygen atoms in total. The zero-order chi connectivity index (χ0) is 19.4. The molecule has 3 rings (SSSR count). The molecule has 0 N–H and O–H groups in total. The molecule has 0 bridgehead atoms. The van der Waals surface area contributed by atoms with Crippen LogP contribution in [0.15, 0.2) is 48.5 Å². The molecule has 144 valence electrons. The highest BCUT2D eigenvalue weighted by Gasteiger charge is 2.39. The standard InChI is InChI=1S/C21H22F3NOS/c1-2-3-6-15-9-11-16(12-10-15)19(26)25-13-14-27-20(25)17-7-4-5-8-18(17)21(22,23)24/h4-5,7-12,20H,2-3,6,13-14H2,1H3/t20-/m0/s1. The summed E-state index contributed by atoms with van der Waals surface area (Å²) in [5.74, 6) is 0.404. The smallest absolute Gasteiger partial charge is 0.322 e. The van der Waals surface area contributed by atoms with Crippen LogP contribution in [0.2, 0.25) is 0 Å². The van der Waals surface area contributed by atoms with Crippen molar-refractivity contribution in [3.05, 3.63) is 70.8 Å². The van der Waals surface area contributed by atoms with E-state index in [0.29, 0.717) is 17.9 Å². The lowest BCUT2D eigenvalue weighted by atomic mass is 10.0. The Morgan fingerprint density at radius 3 is 2.52 bits per heavy atom. The van der Waals surface area contributed by atoms with Gasteiger partial charge in [0.2, 0.25) is 0 Å². The Bertz CT molecular complexity index is 789. The van der Waals surface area contributed by atoms with E-state index in [1.165, 1.54) is 29.5 Å². The molecule has 2 aromatic rings. The minimum atomic E-state index is -4.44. The molecular formula is C21H22F3NOS. The number of nitrogens with zero attached hydrogens (tertiary/aromatic N) is 1. The number of alkyl halides is 3. The second-order valence-electron chi connectivity index (χ2n) is 6.61. The Kier molecular flexibility index (Phi) is 6.15. The largest absolute Gasteiger partial charge is 0.416 e. The van der Waals surface area contributed by atoms with E-state index in [2.05, 4.69) is 6.92 Å². The third kappa shape index (κ3) is 4.49. The van der Waals surface area contributed by atoms with Crippen LogP contribution < -0.4 is 0 Å². The number of rotatable bonds is 5. The molecule has 1 atom stereocenters. The van der Waals surface area contributed by atoms with Crippen LogP contribution in [-0.4, -0.2) is 23.1 Å². The highest BCUT2D eigenvalue weighted by atomic mass is 32.2. The second-order valence-corrected chi connectivity index (χ2v) is 7.80. The van der Waals surface area contributed by atoms with Crippen LogP contribution in [0.5, 0.6) is 0 Å². The quantitative estimate of drug-likeness (QED) is 0.627. The van der Waals surface area contributed by atoms with Crippen molar-refractivity contribution < 1.29 is 18.0 Å². The summed E-state index contributed by atoms with van der Waals surface area (Å²) in [5, 5.41) is -0.616. The summed E-state index contributed by atoms with van der Waals surface area (Å²) in [6, 6.07) is 13.0. The third-order valence-corrected chi connectivity index (χ3v) is 5.95. The van der Waals surface area contributed by atoms with Gasteiger partial charge in [-0.05, 0) is 42.2 Å². The number of hydrogen-bond acceptors (Lipinski definition) is 2. The van der Waals surface area contributed by atoms with E-state index in [4.69, 9.17) is 0 Å². The van der Waals surface area contributed by atoms with Gasteiger partial charge in [0.05, 0.1) is 5.56 Å². The van der Waals surface area contributed by atoms with Crippen LogP contribution in [-0.2, 0) is 12.6 Å². The van der Waals surface area contributed by atoms with Crippen LogP contribution in [0.1, 0.15) is 52.2 Å². The molecule has 0 saturated carbocycles. The number of unbranched alkanes of at least 4 members (excludes halogenated alkanes) is 1. The molecule has 0 radical (unpaired) electrons. The lowest BCUT2D eigenvalue weighted by Crippen LogP contribution is -2.31. The first-order chi connectivity index (χ1) is 12.9. The van der Waals surface area contributed by atoms with Gasteiger partial charge in [0, 0.05) is 17.9 Å². The second kappa shape index (κ2) is 8.38. The van der Waals surface area contributed by atoms with Gasteiger partial charge in [0.1, 0.15) is 5.37 Å². The molecule has 0 aliphatic carbocycles. The summed E-state index contributed by atoms with van der Waals surface area (Å²) >= 11 is 1.38. The number of carbonyl (C=O) groups excluding carboxylic acids is 1. The van der Waals surface area contributed by atoms with E-state index < -0.39 is 17.1 Å². The molecule has 6 heteroatoms. The van der Waals surface area contributed by atoms with Crippen molar-refractivity contribution in [3.63, 3.8) is 0 Å². The van der Waals surface area contributed by atoms with Gasteiger partial charge in [-0.25, -0.2) is 0 Å². The predicted octanol–water partition coefficient (Wildman–Crippen LogP) is 5.94. The van der Waals surface area contributed by atoms with Crippen molar-refractivity contribution in [1.29, 1.82) is 0 Å². The number of amides is 1. The van der Waals surface area contributed by atoms with Crippen LogP contribution >= 0.6 is 11.8 Å². The molecule has 1 aliphatic rings. The van der Waals surface area contributed by atoms with Crippen molar-refractivity contribution >= 4 is 17.7 Å². The van der Waals surface area contributed by atoms with Gasteiger partial charge < -0.3 is 4.90 Å². The number of hydrogen-bond donors (Lipinski definition) is 0. The average molecular weight is 393 g/mol. The van der Waals surface area contributed by atoms with Gasteiger partial charge >= 0.3 is 6.18 Å². The lowest BCUT2D eigenvalue weighted by molar-refractivity contribution is -0.138. The summed E-state index contributed by atoms with van der Waals surface area (Å²) in [6.07, 6.45) is -1.28. The molecule has 1 amide bonds.